The van der Waals surface area contributed by atoms with Crippen molar-refractivity contribution in [1.82, 2.24) is 0 Å². The Balaban J connectivity index is 3.81. The van der Waals surface area contributed by atoms with Crippen LogP contribution in [0.25, 0.3) is 0 Å². The van der Waals surface area contributed by atoms with Crippen LogP contribution in [0, 0.1) is 0 Å². The monoisotopic (exact) mass is 443 g/mol. The third kappa shape index (κ3) is 3.37. The molecule has 0 heterocycles. The van der Waals surface area contributed by atoms with Crippen molar-refractivity contribution in [3.63, 3.8) is 0 Å². The Hall–Kier alpha value is -1.80. The largest absolute Gasteiger partial charge is 0.460 e. The smallest absolute Gasteiger partial charge is 0.232 e. The topological polar surface area (TPSA) is 19.9 Å². The number of alkyl halides is 14. The molecule has 1 radical (unpaired) electrons. The van der Waals surface area contributed by atoms with Gasteiger partial charge in [0.05, 0.1) is 0 Å². The molecule has 0 amide bonds. The van der Waals surface area contributed by atoms with Crippen molar-refractivity contribution < 1.29 is 66.6 Å². The van der Waals surface area contributed by atoms with Gasteiger partial charge in [-0.1, -0.05) is 18.2 Å². The van der Waals surface area contributed by atoms with Crippen LogP contribution in [0.15, 0.2) is 18.2 Å². The molecule has 0 unspecified atom stereocenters. The van der Waals surface area contributed by atoms with E-state index in [1.165, 1.54) is 0 Å². The fraction of sp³-hybridized carbons (Fsp3) is 0.538. The zero-order chi connectivity index (χ0) is 22.6. The molecule has 0 aliphatic heterocycles. The maximum atomic E-state index is 13.7. The van der Waals surface area contributed by atoms with Crippen molar-refractivity contribution in [3.8, 4) is 0 Å². The summed E-state index contributed by atoms with van der Waals surface area (Å²) in [6, 6.07) is -0.971. The molecule has 0 aromatic heterocycles. The van der Waals surface area contributed by atoms with Gasteiger partial charge in [0.2, 0.25) is 0 Å². The predicted molar refractivity (Wildman–Crippen MR) is 60.6 cm³/mol. The van der Waals surface area contributed by atoms with Gasteiger partial charge >= 0.3 is 36.0 Å². The predicted octanol–water partition coefficient (Wildman–Crippen LogP) is 6.20. The summed E-state index contributed by atoms with van der Waals surface area (Å²) < 4.78 is 180. The highest BCUT2D eigenvalue weighted by Crippen LogP contribution is 2.56. The lowest BCUT2D eigenvalue weighted by atomic mass is 9.89. The van der Waals surface area contributed by atoms with Gasteiger partial charge in [0.1, 0.15) is 6.61 Å². The average Bonchev–Trinajstić information content (AvgIpc) is 2.51. The van der Waals surface area contributed by atoms with Gasteiger partial charge in [-0.3, -0.25) is 0 Å². The number of hydrogen-bond acceptors (Lipinski definition) is 0. The average molecular weight is 443 g/mol. The van der Waals surface area contributed by atoms with E-state index in [0.29, 0.717) is 0 Å². The normalized spacial score (nSPS) is 15.1. The van der Waals surface area contributed by atoms with Crippen LogP contribution in [0.3, 0.4) is 0 Å². The van der Waals surface area contributed by atoms with Crippen LogP contribution >= 0.6 is 0 Å². The Kier molecular flexibility index (Phi) is 5.73. The fourth-order valence-corrected chi connectivity index (χ4v) is 2.02. The van der Waals surface area contributed by atoms with Gasteiger partial charge in [-0.15, -0.1) is 0 Å². The van der Waals surface area contributed by atoms with Crippen molar-refractivity contribution in [2.24, 2.45) is 0 Å². The summed E-state index contributed by atoms with van der Waals surface area (Å²) in [5.41, 5.74) is -7.98. The third-order valence-electron chi connectivity index (χ3n) is 3.50. The Bertz CT molecular complexity index is 659. The van der Waals surface area contributed by atoms with Crippen LogP contribution in [0.2, 0.25) is 0 Å². The van der Waals surface area contributed by atoms with Crippen molar-refractivity contribution in [1.29, 1.82) is 0 Å². The van der Waals surface area contributed by atoms with E-state index < -0.39 is 71.5 Å². The van der Waals surface area contributed by atoms with Crippen LogP contribution in [0.4, 0.5) is 61.5 Å². The van der Waals surface area contributed by atoms with E-state index in [-0.39, 0.29) is 6.07 Å². The van der Waals surface area contributed by atoms with Crippen molar-refractivity contribution >= 4 is 0 Å². The number of benzene rings is 1. The SMILES string of the molecule is [O]Cc1c(C(F)(F)C(F)(F)C(F)(F)F)cccc1C(F)(F)C(F)(F)C(F)(F)F. The van der Waals surface area contributed by atoms with E-state index in [1.807, 2.05) is 0 Å². The lowest BCUT2D eigenvalue weighted by molar-refractivity contribution is -0.361. The van der Waals surface area contributed by atoms with Crippen molar-refractivity contribution in [2.75, 3.05) is 0 Å². The molecule has 1 aromatic rings. The molecule has 0 N–H and O–H groups in total. The highest BCUT2D eigenvalue weighted by atomic mass is 19.4. The van der Waals surface area contributed by atoms with E-state index >= 15 is 0 Å². The lowest BCUT2D eigenvalue weighted by Crippen LogP contribution is -2.52. The first-order valence-electron chi connectivity index (χ1n) is 6.53. The van der Waals surface area contributed by atoms with Gasteiger partial charge in [-0.25, -0.2) is 5.11 Å². The highest BCUT2D eigenvalue weighted by molar-refractivity contribution is 5.42. The molecule has 0 aliphatic rings. The molecular formula is C13H5F14O. The molecule has 0 saturated heterocycles. The zero-order valence-corrected chi connectivity index (χ0v) is 12.6. The van der Waals surface area contributed by atoms with Crippen molar-refractivity contribution in [3.05, 3.63) is 34.9 Å². The quantitative estimate of drug-likeness (QED) is 0.484. The minimum Gasteiger partial charge on any atom is -0.232 e. The highest BCUT2D eigenvalue weighted by Gasteiger charge is 2.76. The second-order valence-electron chi connectivity index (χ2n) is 5.27. The number of hydrogen-bond donors (Lipinski definition) is 0. The van der Waals surface area contributed by atoms with Crippen molar-refractivity contribution in [2.45, 2.75) is 42.6 Å². The second-order valence-corrected chi connectivity index (χ2v) is 5.27. The van der Waals surface area contributed by atoms with E-state index in [2.05, 4.69) is 0 Å². The molecule has 161 valence electrons. The molecule has 1 aromatic carbocycles. The molecule has 0 spiro atoms. The Morgan fingerprint density at radius 1 is 0.571 bits per heavy atom. The first-order chi connectivity index (χ1) is 12.2. The Labute approximate surface area is 145 Å². The van der Waals surface area contributed by atoms with Gasteiger partial charge in [0, 0.05) is 11.1 Å². The maximum absolute atomic E-state index is 13.7. The van der Waals surface area contributed by atoms with Gasteiger partial charge in [-0.2, -0.15) is 61.5 Å². The minimum atomic E-state index is -6.98. The first kappa shape index (κ1) is 24.2. The minimum absolute atomic E-state index is 0.190. The van der Waals surface area contributed by atoms with Crippen LogP contribution in [0.1, 0.15) is 16.7 Å². The molecule has 0 bridgehead atoms. The van der Waals surface area contributed by atoms with E-state index in [9.17, 15) is 66.6 Å². The van der Waals surface area contributed by atoms with Gasteiger partial charge < -0.3 is 0 Å². The molecule has 15 heteroatoms. The second kappa shape index (κ2) is 6.62. The molecule has 1 rings (SSSR count). The lowest BCUT2D eigenvalue weighted by Gasteiger charge is -2.33. The summed E-state index contributed by atoms with van der Waals surface area (Å²) in [6.45, 7) is -2.53. The van der Waals surface area contributed by atoms with Crippen LogP contribution < -0.4 is 0 Å². The third-order valence-corrected chi connectivity index (χ3v) is 3.50. The van der Waals surface area contributed by atoms with Crippen LogP contribution in [0.5, 0.6) is 0 Å². The van der Waals surface area contributed by atoms with E-state index in [1.54, 1.807) is 0 Å². The first-order valence-corrected chi connectivity index (χ1v) is 6.53. The number of rotatable bonds is 5. The molecule has 0 fully saturated rings. The van der Waals surface area contributed by atoms with E-state index in [0.717, 1.165) is 0 Å². The summed E-state index contributed by atoms with van der Waals surface area (Å²) in [5, 5.41) is 10.9. The maximum Gasteiger partial charge on any atom is 0.460 e. The van der Waals surface area contributed by atoms with Crippen LogP contribution in [-0.4, -0.2) is 24.2 Å². The molecule has 1 nitrogen and oxygen atoms in total. The fourth-order valence-electron chi connectivity index (χ4n) is 2.02. The molecule has 0 atom stereocenters. The zero-order valence-electron chi connectivity index (χ0n) is 12.6. The summed E-state index contributed by atoms with van der Waals surface area (Å²) in [6.07, 6.45) is -14.0. The molecule has 0 aliphatic carbocycles. The summed E-state index contributed by atoms with van der Waals surface area (Å²) >= 11 is 0. The van der Waals surface area contributed by atoms with Gasteiger partial charge in [0.15, 0.2) is 0 Å². The molecular weight excluding hydrogens is 438 g/mol. The molecule has 28 heavy (non-hydrogen) atoms. The Morgan fingerprint density at radius 2 is 0.857 bits per heavy atom. The summed E-state index contributed by atoms with van der Waals surface area (Å²) in [4.78, 5) is 0. The number of halogens is 14. The van der Waals surface area contributed by atoms with Gasteiger partial charge in [-0.05, 0) is 5.56 Å². The van der Waals surface area contributed by atoms with Gasteiger partial charge in [0.25, 0.3) is 0 Å². The standard InChI is InChI=1S/C13H5F14O/c14-8(15,10(18,19)12(22,23)24)6-2-1-3-7(5(6)4-28)9(16,17)11(20,21)13(25,26)27/h1-3H,4H2. The van der Waals surface area contributed by atoms with Crippen LogP contribution in [-0.2, 0) is 23.6 Å². The molecule has 0 saturated carbocycles. The Morgan fingerprint density at radius 3 is 1.07 bits per heavy atom. The summed E-state index contributed by atoms with van der Waals surface area (Å²) in [5.74, 6) is -26.8. The summed E-state index contributed by atoms with van der Waals surface area (Å²) in [7, 11) is 0. The van der Waals surface area contributed by atoms with E-state index in [4.69, 9.17) is 0 Å².